The maximum Gasteiger partial charge on any atom is 0.257 e. The molecular formula is C28H28F2N4O4S. The fourth-order valence-corrected chi connectivity index (χ4v) is 7.65. The Morgan fingerprint density at radius 3 is 2.49 bits per heavy atom. The number of carbonyl (C=O) groups is 1. The zero-order chi connectivity index (χ0) is 27.8. The summed E-state index contributed by atoms with van der Waals surface area (Å²) in [5, 5.41) is 3.12. The minimum atomic E-state index is -3.99. The zero-order valence-electron chi connectivity index (χ0n) is 21.1. The molecule has 2 fully saturated rings. The SMILES string of the molecule is C#C[C@H]1CC[C@H](c2ccccc2)S(=O)(=O)N1Cc1cc(F)c(C2(C(=O)n3ccc(N)n3)CCOCC2)cc1F. The molecule has 0 bridgehead atoms. The van der Waals surface area contributed by atoms with Crippen molar-refractivity contribution < 1.29 is 26.7 Å². The highest BCUT2D eigenvalue weighted by Crippen LogP contribution is 2.41. The first kappa shape index (κ1) is 27.0. The molecule has 2 aromatic carbocycles. The summed E-state index contributed by atoms with van der Waals surface area (Å²) in [6.45, 7) is -0.104. The van der Waals surface area contributed by atoms with Crippen molar-refractivity contribution >= 4 is 21.7 Å². The lowest BCUT2D eigenvalue weighted by atomic mass is 9.72. The topological polar surface area (TPSA) is 108 Å². The number of aromatic nitrogens is 2. The summed E-state index contributed by atoms with van der Waals surface area (Å²) >= 11 is 0. The van der Waals surface area contributed by atoms with Gasteiger partial charge in [0.25, 0.3) is 5.91 Å². The van der Waals surface area contributed by atoms with Crippen LogP contribution < -0.4 is 5.73 Å². The monoisotopic (exact) mass is 554 g/mol. The van der Waals surface area contributed by atoms with Crippen molar-refractivity contribution in [2.75, 3.05) is 18.9 Å². The molecule has 5 rings (SSSR count). The Hall–Kier alpha value is -3.59. The van der Waals surface area contributed by atoms with E-state index in [0.29, 0.717) is 18.4 Å². The average Bonchev–Trinajstić information content (AvgIpc) is 3.37. The third kappa shape index (κ3) is 4.84. The lowest BCUT2D eigenvalue weighted by molar-refractivity contribution is 0.0345. The standard InChI is InChI=1S/C28H28F2N4O4S/c1-2-21-8-9-25(19-6-4-3-5-7-19)39(36,37)34(21)18-20-16-24(30)22(17-23(20)29)28(11-14-38-15-12-28)27(35)33-13-10-26(31)32-33/h1,3-7,10,13,16-17,21,25H,8-9,11-12,14-15,18H2,(H2,31,32)/t21-,25+/m0/s1. The van der Waals surface area contributed by atoms with Crippen LogP contribution in [0.4, 0.5) is 14.6 Å². The highest BCUT2D eigenvalue weighted by Gasteiger charge is 2.46. The van der Waals surface area contributed by atoms with Gasteiger partial charge in [-0.3, -0.25) is 4.79 Å². The van der Waals surface area contributed by atoms with Crippen LogP contribution in [-0.4, -0.2) is 47.7 Å². The van der Waals surface area contributed by atoms with Gasteiger partial charge in [-0.25, -0.2) is 21.9 Å². The van der Waals surface area contributed by atoms with Gasteiger partial charge in [-0.1, -0.05) is 36.3 Å². The van der Waals surface area contributed by atoms with E-state index < -0.39 is 50.8 Å². The molecule has 39 heavy (non-hydrogen) atoms. The highest BCUT2D eigenvalue weighted by atomic mass is 32.2. The largest absolute Gasteiger partial charge is 0.382 e. The van der Waals surface area contributed by atoms with Crippen molar-refractivity contribution in [1.82, 2.24) is 14.1 Å². The van der Waals surface area contributed by atoms with E-state index in [4.69, 9.17) is 16.9 Å². The van der Waals surface area contributed by atoms with E-state index in [9.17, 15) is 13.2 Å². The van der Waals surface area contributed by atoms with E-state index in [1.807, 2.05) is 0 Å². The summed E-state index contributed by atoms with van der Waals surface area (Å²) in [6.07, 6.45) is 7.95. The maximum atomic E-state index is 15.8. The normalized spacial score (nSPS) is 22.7. The molecule has 11 heteroatoms. The minimum absolute atomic E-state index is 0.111. The van der Waals surface area contributed by atoms with E-state index in [1.165, 1.54) is 12.3 Å². The highest BCUT2D eigenvalue weighted by molar-refractivity contribution is 7.89. The Balaban J connectivity index is 1.51. The number of benzene rings is 2. The fourth-order valence-electron chi connectivity index (χ4n) is 5.55. The van der Waals surface area contributed by atoms with Crippen molar-refractivity contribution in [1.29, 1.82) is 0 Å². The molecule has 204 valence electrons. The molecule has 0 spiro atoms. The third-order valence-electron chi connectivity index (χ3n) is 7.65. The minimum Gasteiger partial charge on any atom is -0.382 e. The molecule has 0 amide bonds. The van der Waals surface area contributed by atoms with Crippen molar-refractivity contribution in [3.63, 3.8) is 0 Å². The molecule has 2 aliphatic rings. The summed E-state index contributed by atoms with van der Waals surface area (Å²) in [5.41, 5.74) is 4.54. The summed E-state index contributed by atoms with van der Waals surface area (Å²) in [5.74, 6) is 0.398. The van der Waals surface area contributed by atoms with Crippen molar-refractivity contribution in [2.45, 2.75) is 48.9 Å². The first-order chi connectivity index (χ1) is 18.7. The molecule has 0 radical (unpaired) electrons. The van der Waals surface area contributed by atoms with Gasteiger partial charge in [-0.05, 0) is 43.4 Å². The van der Waals surface area contributed by atoms with Crippen LogP contribution in [0.3, 0.4) is 0 Å². The van der Waals surface area contributed by atoms with Crippen LogP contribution in [0.15, 0.2) is 54.7 Å². The molecule has 0 unspecified atom stereocenters. The maximum absolute atomic E-state index is 15.8. The van der Waals surface area contributed by atoms with Crippen LogP contribution in [0.2, 0.25) is 0 Å². The number of nitrogens with zero attached hydrogens (tertiary/aromatic N) is 3. The van der Waals surface area contributed by atoms with Crippen LogP contribution >= 0.6 is 0 Å². The second kappa shape index (κ2) is 10.5. The Morgan fingerprint density at radius 1 is 1.13 bits per heavy atom. The second-order valence-corrected chi connectivity index (χ2v) is 11.9. The van der Waals surface area contributed by atoms with Crippen LogP contribution in [0.1, 0.15) is 52.4 Å². The second-order valence-electron chi connectivity index (χ2n) is 9.86. The van der Waals surface area contributed by atoms with Crippen LogP contribution in [0.5, 0.6) is 0 Å². The first-order valence-electron chi connectivity index (χ1n) is 12.6. The molecule has 0 saturated carbocycles. The summed E-state index contributed by atoms with van der Waals surface area (Å²) in [4.78, 5) is 13.5. The van der Waals surface area contributed by atoms with Gasteiger partial charge in [0.2, 0.25) is 10.0 Å². The van der Waals surface area contributed by atoms with E-state index in [1.54, 1.807) is 30.3 Å². The van der Waals surface area contributed by atoms with Gasteiger partial charge in [0.15, 0.2) is 0 Å². The number of carbonyl (C=O) groups excluding carboxylic acids is 1. The van der Waals surface area contributed by atoms with Crippen LogP contribution in [-0.2, 0) is 26.7 Å². The third-order valence-corrected chi connectivity index (χ3v) is 9.92. The number of nitrogens with two attached hydrogens (primary N) is 1. The number of hydrogen-bond donors (Lipinski definition) is 1. The first-order valence-corrected chi connectivity index (χ1v) is 14.1. The molecule has 8 nitrogen and oxygen atoms in total. The summed E-state index contributed by atoms with van der Waals surface area (Å²) in [6, 6.07) is 11.3. The number of rotatable bonds is 5. The Kier molecular flexibility index (Phi) is 7.29. The lowest BCUT2D eigenvalue weighted by Gasteiger charge is -2.37. The molecule has 3 heterocycles. The Bertz CT molecular complexity index is 1530. The van der Waals surface area contributed by atoms with Crippen molar-refractivity contribution in [3.05, 3.63) is 83.1 Å². The molecule has 0 aliphatic carbocycles. The molecule has 1 aromatic heterocycles. The molecular weight excluding hydrogens is 526 g/mol. The number of ether oxygens (including phenoxy) is 1. The van der Waals surface area contributed by atoms with Crippen molar-refractivity contribution in [3.8, 4) is 12.3 Å². The fraction of sp³-hybridized carbons (Fsp3) is 0.357. The average molecular weight is 555 g/mol. The van der Waals surface area contributed by atoms with Gasteiger partial charge < -0.3 is 10.5 Å². The lowest BCUT2D eigenvalue weighted by Crippen LogP contribution is -2.46. The van der Waals surface area contributed by atoms with E-state index in [2.05, 4.69) is 11.0 Å². The summed E-state index contributed by atoms with van der Waals surface area (Å²) < 4.78 is 66.2. The quantitative estimate of drug-likeness (QED) is 0.481. The predicted octanol–water partition coefficient (Wildman–Crippen LogP) is 3.80. The Morgan fingerprint density at radius 2 is 1.85 bits per heavy atom. The molecule has 2 saturated heterocycles. The molecule has 2 aliphatic heterocycles. The number of sulfonamides is 1. The molecule has 2 N–H and O–H groups in total. The number of nitrogen functional groups attached to an aromatic ring is 1. The molecule has 2 atom stereocenters. The zero-order valence-corrected chi connectivity index (χ0v) is 21.9. The van der Waals surface area contributed by atoms with Gasteiger partial charge >= 0.3 is 0 Å². The van der Waals surface area contributed by atoms with Gasteiger partial charge in [0.1, 0.15) is 22.7 Å². The predicted molar refractivity (Wildman–Crippen MR) is 141 cm³/mol. The van der Waals surface area contributed by atoms with Gasteiger partial charge in [-0.15, -0.1) is 11.5 Å². The number of halogens is 2. The van der Waals surface area contributed by atoms with Gasteiger partial charge in [0, 0.05) is 43.1 Å². The van der Waals surface area contributed by atoms with Crippen LogP contribution in [0.25, 0.3) is 0 Å². The van der Waals surface area contributed by atoms with Crippen LogP contribution in [0, 0.1) is 24.0 Å². The molecule has 3 aromatic rings. The van der Waals surface area contributed by atoms with E-state index >= 15 is 8.78 Å². The number of terminal acetylenes is 1. The van der Waals surface area contributed by atoms with Crippen molar-refractivity contribution in [2.24, 2.45) is 0 Å². The number of hydrogen-bond acceptors (Lipinski definition) is 6. The van der Waals surface area contributed by atoms with Gasteiger partial charge in [-0.2, -0.15) is 4.31 Å². The van der Waals surface area contributed by atoms with Gasteiger partial charge in [0.05, 0.1) is 11.5 Å². The number of anilines is 1. The smallest absolute Gasteiger partial charge is 0.257 e. The Labute approximate surface area is 225 Å². The summed E-state index contributed by atoms with van der Waals surface area (Å²) in [7, 11) is -3.99. The van der Waals surface area contributed by atoms with E-state index in [-0.39, 0.29) is 43.0 Å². The van der Waals surface area contributed by atoms with E-state index in [0.717, 1.165) is 21.1 Å².